The zero-order valence-electron chi connectivity index (χ0n) is 16.2. The Bertz CT molecular complexity index is 1090. The van der Waals surface area contributed by atoms with Gasteiger partial charge in [-0.3, -0.25) is 4.79 Å². The van der Waals surface area contributed by atoms with Crippen molar-refractivity contribution in [1.29, 1.82) is 0 Å². The fourth-order valence-corrected chi connectivity index (χ4v) is 4.29. The second-order valence-corrected chi connectivity index (χ2v) is 8.05. The largest absolute Gasteiger partial charge is 0.331 e. The molecule has 1 saturated heterocycles. The fraction of sp³-hybridized carbons (Fsp3) is 0.409. The zero-order chi connectivity index (χ0) is 20.1. The molecule has 1 saturated carbocycles. The molecule has 1 aliphatic carbocycles. The predicted molar refractivity (Wildman–Crippen MR) is 104 cm³/mol. The van der Waals surface area contributed by atoms with Crippen molar-refractivity contribution in [3.63, 3.8) is 0 Å². The molecule has 0 N–H and O–H groups in total. The number of fused-ring (bicyclic) bond motifs is 1. The van der Waals surface area contributed by atoms with E-state index >= 15 is 0 Å². The van der Waals surface area contributed by atoms with Gasteiger partial charge in [-0.05, 0) is 44.2 Å². The van der Waals surface area contributed by atoms with Crippen LogP contribution < -0.4 is 0 Å². The number of likely N-dealkylation sites (tertiary alicyclic amines) is 1. The lowest BCUT2D eigenvalue weighted by atomic mass is 10.0. The standard InChI is InChI=1S/C22H22F2N4O/c1-13-4-2-5-15(10-13)18-6-3-9-27(18)22(29)16-12-25-28-19(20(23)24)11-17(14-7-8-14)26-21(16)28/h2,4-5,10-12,14,18,20H,3,6-9H2,1H3/t18-/m1/s1. The van der Waals surface area contributed by atoms with Crippen molar-refractivity contribution in [2.75, 3.05) is 6.54 Å². The Morgan fingerprint density at radius 3 is 2.76 bits per heavy atom. The number of benzene rings is 1. The number of carbonyl (C=O) groups excluding carboxylic acids is 1. The minimum atomic E-state index is -2.67. The van der Waals surface area contributed by atoms with Gasteiger partial charge in [0.1, 0.15) is 11.3 Å². The number of aromatic nitrogens is 3. The van der Waals surface area contributed by atoms with Crippen LogP contribution in [0.15, 0.2) is 36.5 Å². The maximum absolute atomic E-state index is 13.6. The van der Waals surface area contributed by atoms with Crippen molar-refractivity contribution in [2.24, 2.45) is 0 Å². The summed E-state index contributed by atoms with van der Waals surface area (Å²) in [6, 6.07) is 9.59. The fourth-order valence-electron chi connectivity index (χ4n) is 4.29. The molecular weight excluding hydrogens is 374 g/mol. The van der Waals surface area contributed by atoms with E-state index in [-0.39, 0.29) is 29.2 Å². The summed E-state index contributed by atoms with van der Waals surface area (Å²) < 4.78 is 28.3. The van der Waals surface area contributed by atoms with Crippen LogP contribution in [0, 0.1) is 6.92 Å². The minimum absolute atomic E-state index is 0.0152. The second kappa shape index (κ2) is 6.90. The van der Waals surface area contributed by atoms with Crippen LogP contribution >= 0.6 is 0 Å². The molecule has 1 aliphatic heterocycles. The smallest absolute Gasteiger partial charge is 0.280 e. The van der Waals surface area contributed by atoms with Crippen LogP contribution in [0.2, 0.25) is 0 Å². The third-order valence-corrected chi connectivity index (χ3v) is 5.91. The Morgan fingerprint density at radius 1 is 1.21 bits per heavy atom. The number of rotatable bonds is 4. The van der Waals surface area contributed by atoms with E-state index in [9.17, 15) is 13.6 Å². The summed E-state index contributed by atoms with van der Waals surface area (Å²) in [5, 5.41) is 4.09. The van der Waals surface area contributed by atoms with Crippen molar-refractivity contribution < 1.29 is 13.6 Å². The van der Waals surface area contributed by atoms with Gasteiger partial charge in [-0.2, -0.15) is 5.10 Å². The van der Waals surface area contributed by atoms with E-state index in [1.165, 1.54) is 12.3 Å². The van der Waals surface area contributed by atoms with E-state index < -0.39 is 6.43 Å². The quantitative estimate of drug-likeness (QED) is 0.635. The summed E-state index contributed by atoms with van der Waals surface area (Å²) >= 11 is 0. The summed E-state index contributed by atoms with van der Waals surface area (Å²) in [5.74, 6) is 0.0202. The van der Waals surface area contributed by atoms with E-state index in [2.05, 4.69) is 16.1 Å². The molecule has 1 aromatic carbocycles. The highest BCUT2D eigenvalue weighted by Crippen LogP contribution is 2.40. The molecule has 0 bridgehead atoms. The molecular formula is C22H22F2N4O. The average molecular weight is 396 g/mol. The predicted octanol–water partition coefficient (Wildman–Crippen LogP) is 4.83. The van der Waals surface area contributed by atoms with Crippen LogP contribution in [0.5, 0.6) is 0 Å². The third kappa shape index (κ3) is 3.18. The first-order chi connectivity index (χ1) is 14.0. The first kappa shape index (κ1) is 18.2. The minimum Gasteiger partial charge on any atom is -0.331 e. The molecule has 1 atom stereocenters. The van der Waals surface area contributed by atoms with Crippen LogP contribution in [0.25, 0.3) is 5.65 Å². The van der Waals surface area contributed by atoms with Gasteiger partial charge in [0.05, 0.1) is 12.2 Å². The Kier molecular flexibility index (Phi) is 4.33. The first-order valence-corrected chi connectivity index (χ1v) is 10.1. The molecule has 3 aromatic rings. The lowest BCUT2D eigenvalue weighted by molar-refractivity contribution is 0.0737. The van der Waals surface area contributed by atoms with Gasteiger partial charge in [0.15, 0.2) is 5.65 Å². The van der Waals surface area contributed by atoms with Crippen LogP contribution in [0.3, 0.4) is 0 Å². The summed E-state index contributed by atoms with van der Waals surface area (Å²) in [7, 11) is 0. The highest BCUT2D eigenvalue weighted by molar-refractivity contribution is 6.00. The van der Waals surface area contributed by atoms with Gasteiger partial charge in [0, 0.05) is 18.2 Å². The Hall–Kier alpha value is -2.83. The van der Waals surface area contributed by atoms with E-state index in [0.29, 0.717) is 17.8 Å². The van der Waals surface area contributed by atoms with Crippen molar-refractivity contribution in [2.45, 2.75) is 51.0 Å². The van der Waals surface area contributed by atoms with Gasteiger partial charge < -0.3 is 4.90 Å². The first-order valence-electron chi connectivity index (χ1n) is 10.1. The molecule has 0 unspecified atom stereocenters. The van der Waals surface area contributed by atoms with Gasteiger partial charge in [-0.1, -0.05) is 29.8 Å². The second-order valence-electron chi connectivity index (χ2n) is 8.05. The number of hydrogen-bond acceptors (Lipinski definition) is 3. The molecule has 5 rings (SSSR count). The van der Waals surface area contributed by atoms with Gasteiger partial charge in [-0.15, -0.1) is 0 Å². The maximum atomic E-state index is 13.6. The third-order valence-electron chi connectivity index (χ3n) is 5.91. The molecule has 0 radical (unpaired) electrons. The number of carbonyl (C=O) groups is 1. The summed E-state index contributed by atoms with van der Waals surface area (Å²) in [4.78, 5) is 19.8. The van der Waals surface area contributed by atoms with E-state index in [1.54, 1.807) is 0 Å². The zero-order valence-corrected chi connectivity index (χ0v) is 16.2. The highest BCUT2D eigenvalue weighted by Gasteiger charge is 2.34. The van der Waals surface area contributed by atoms with E-state index in [4.69, 9.17) is 0 Å². The number of amides is 1. The van der Waals surface area contributed by atoms with Crippen LogP contribution in [0.1, 0.15) is 76.9 Å². The molecule has 5 nitrogen and oxygen atoms in total. The van der Waals surface area contributed by atoms with E-state index in [0.717, 1.165) is 41.3 Å². The Morgan fingerprint density at radius 2 is 2.03 bits per heavy atom. The molecule has 3 heterocycles. The molecule has 150 valence electrons. The molecule has 1 amide bonds. The van der Waals surface area contributed by atoms with Crippen molar-refractivity contribution in [3.8, 4) is 0 Å². The Labute approximate surface area is 167 Å². The lowest BCUT2D eigenvalue weighted by Crippen LogP contribution is -2.30. The van der Waals surface area contributed by atoms with Gasteiger partial charge >= 0.3 is 0 Å². The summed E-state index contributed by atoms with van der Waals surface area (Å²) in [6.07, 6.45) is 2.41. The van der Waals surface area contributed by atoms with Crippen molar-refractivity contribution >= 4 is 11.6 Å². The lowest BCUT2D eigenvalue weighted by Gasteiger charge is -2.25. The number of hydrogen-bond donors (Lipinski definition) is 0. The van der Waals surface area contributed by atoms with E-state index in [1.807, 2.05) is 30.0 Å². The maximum Gasteiger partial charge on any atom is 0.280 e. The molecule has 29 heavy (non-hydrogen) atoms. The molecule has 2 fully saturated rings. The summed E-state index contributed by atoms with van der Waals surface area (Å²) in [6.45, 7) is 2.67. The topological polar surface area (TPSA) is 50.5 Å². The number of aryl methyl sites for hydroxylation is 1. The highest BCUT2D eigenvalue weighted by atomic mass is 19.3. The normalized spacial score (nSPS) is 19.4. The van der Waals surface area contributed by atoms with Crippen LogP contribution in [-0.4, -0.2) is 31.9 Å². The monoisotopic (exact) mass is 396 g/mol. The molecule has 0 spiro atoms. The number of halogens is 2. The number of nitrogens with zero attached hydrogens (tertiary/aromatic N) is 4. The van der Waals surface area contributed by atoms with Crippen molar-refractivity contribution in [1.82, 2.24) is 19.5 Å². The van der Waals surface area contributed by atoms with Crippen LogP contribution in [-0.2, 0) is 0 Å². The van der Waals surface area contributed by atoms with Crippen LogP contribution in [0.4, 0.5) is 8.78 Å². The van der Waals surface area contributed by atoms with Gasteiger partial charge in [0.2, 0.25) is 0 Å². The molecule has 2 aliphatic rings. The average Bonchev–Trinajstić information content (AvgIpc) is 3.28. The molecule has 7 heteroatoms. The SMILES string of the molecule is Cc1cccc([C@H]2CCCN2C(=O)c2cnn3c(C(F)F)cc(C4CC4)nc23)c1. The van der Waals surface area contributed by atoms with Gasteiger partial charge in [-0.25, -0.2) is 18.3 Å². The van der Waals surface area contributed by atoms with Gasteiger partial charge in [0.25, 0.3) is 12.3 Å². The summed E-state index contributed by atoms with van der Waals surface area (Å²) in [5.41, 5.74) is 3.23. The number of alkyl halides is 2. The Balaban J connectivity index is 1.55. The van der Waals surface area contributed by atoms with Crippen molar-refractivity contribution in [3.05, 3.63) is 64.6 Å². The molecule has 2 aromatic heterocycles.